The molecule has 32 heavy (non-hydrogen) atoms. The molecular formula is C27H35N3O2. The number of rotatable bonds is 3. The van der Waals surface area contributed by atoms with Crippen LogP contribution >= 0.6 is 0 Å². The maximum atomic E-state index is 13.3. The van der Waals surface area contributed by atoms with E-state index in [4.69, 9.17) is 0 Å². The number of nitrogens with one attached hydrogen (secondary N) is 2. The number of fused-ring (bicyclic) bond motifs is 2. The Morgan fingerprint density at radius 2 is 1.88 bits per heavy atom. The van der Waals surface area contributed by atoms with Gasteiger partial charge in [0.05, 0.1) is 0 Å². The van der Waals surface area contributed by atoms with Gasteiger partial charge >= 0.3 is 0 Å². The summed E-state index contributed by atoms with van der Waals surface area (Å²) in [5.41, 5.74) is 5.41. The lowest BCUT2D eigenvalue weighted by Gasteiger charge is -2.37. The molecular weight excluding hydrogens is 398 g/mol. The van der Waals surface area contributed by atoms with Crippen molar-refractivity contribution < 1.29 is 4.79 Å². The molecule has 170 valence electrons. The number of allylic oxidation sites excluding steroid dienone is 2. The zero-order valence-electron chi connectivity index (χ0n) is 19.4. The third-order valence-electron chi connectivity index (χ3n) is 6.92. The van der Waals surface area contributed by atoms with E-state index < -0.39 is 0 Å². The molecule has 0 saturated heterocycles. The molecule has 1 aliphatic heterocycles. The normalized spacial score (nSPS) is 17.5. The second-order valence-electron chi connectivity index (χ2n) is 9.06. The molecule has 0 spiro atoms. The maximum Gasteiger partial charge on any atom is 0.253 e. The average molecular weight is 434 g/mol. The number of carbonyl (C=O) groups is 1. The Hall–Kier alpha value is -2.82. The van der Waals surface area contributed by atoms with Gasteiger partial charge in [0.15, 0.2) is 0 Å². The first-order valence-electron chi connectivity index (χ1n) is 12.1. The highest BCUT2D eigenvalue weighted by molar-refractivity contribution is 5.97. The van der Waals surface area contributed by atoms with E-state index in [9.17, 15) is 9.59 Å². The number of benzene rings is 1. The number of aromatic amines is 1. The molecule has 5 heteroatoms. The van der Waals surface area contributed by atoms with E-state index in [2.05, 4.69) is 40.3 Å². The maximum absolute atomic E-state index is 13.3. The molecule has 1 aromatic carbocycles. The van der Waals surface area contributed by atoms with Crippen LogP contribution < -0.4 is 15.8 Å². The fourth-order valence-electron chi connectivity index (χ4n) is 5.31. The van der Waals surface area contributed by atoms with Gasteiger partial charge in [-0.1, -0.05) is 37.5 Å². The Balaban J connectivity index is 1.70. The molecule has 0 atom stereocenters. The first-order chi connectivity index (χ1) is 15.6. The Bertz CT molecular complexity index is 1050. The number of H-pyrrole nitrogens is 1. The summed E-state index contributed by atoms with van der Waals surface area (Å²) in [6.45, 7) is 5.30. The van der Waals surface area contributed by atoms with Crippen molar-refractivity contribution in [2.24, 2.45) is 0 Å². The molecule has 2 heterocycles. The monoisotopic (exact) mass is 433 g/mol. The highest BCUT2D eigenvalue weighted by Crippen LogP contribution is 2.32. The van der Waals surface area contributed by atoms with Crippen molar-refractivity contribution in [3.8, 4) is 0 Å². The van der Waals surface area contributed by atoms with Crippen LogP contribution in [0.2, 0.25) is 0 Å². The molecule has 0 unspecified atom stereocenters. The summed E-state index contributed by atoms with van der Waals surface area (Å²) in [5.74, 6) is -0.110. The number of hydrogen-bond acceptors (Lipinski definition) is 3. The van der Waals surface area contributed by atoms with Gasteiger partial charge in [0.2, 0.25) is 0 Å². The number of amides is 1. The van der Waals surface area contributed by atoms with Crippen LogP contribution in [0.15, 0.2) is 41.2 Å². The zero-order valence-corrected chi connectivity index (χ0v) is 19.4. The lowest BCUT2D eigenvalue weighted by molar-refractivity contribution is 0.0950. The van der Waals surface area contributed by atoms with Gasteiger partial charge in [-0.05, 0) is 75.3 Å². The molecule has 0 bridgehead atoms. The average Bonchev–Trinajstić information content (AvgIpc) is 2.79. The summed E-state index contributed by atoms with van der Waals surface area (Å²) >= 11 is 0. The molecule has 2 aliphatic rings. The van der Waals surface area contributed by atoms with Crippen molar-refractivity contribution in [2.75, 3.05) is 11.4 Å². The number of carbonyl (C=O) groups excluding carboxylic acids is 1. The Morgan fingerprint density at radius 1 is 1.06 bits per heavy atom. The number of hydrogen-bond donors (Lipinski definition) is 2. The smallest absolute Gasteiger partial charge is 0.253 e. The minimum Gasteiger partial charge on any atom is -0.369 e. The van der Waals surface area contributed by atoms with Crippen molar-refractivity contribution in [3.05, 3.63) is 74.7 Å². The summed E-state index contributed by atoms with van der Waals surface area (Å²) < 4.78 is 0. The molecule has 5 nitrogen and oxygen atoms in total. The first kappa shape index (κ1) is 22.4. The second kappa shape index (κ2) is 10.2. The van der Waals surface area contributed by atoms with Crippen LogP contribution in [0, 0.1) is 6.92 Å². The van der Waals surface area contributed by atoms with Gasteiger partial charge < -0.3 is 15.2 Å². The Labute approximate surface area is 190 Å². The minimum atomic E-state index is -0.110. The van der Waals surface area contributed by atoms with Crippen molar-refractivity contribution in [3.63, 3.8) is 0 Å². The second-order valence-corrected chi connectivity index (χ2v) is 9.06. The van der Waals surface area contributed by atoms with Gasteiger partial charge in [-0.3, -0.25) is 9.59 Å². The fraction of sp³-hybridized carbons (Fsp3) is 0.481. The summed E-state index contributed by atoms with van der Waals surface area (Å²) in [5, 5.41) is 3.04. The van der Waals surface area contributed by atoms with Gasteiger partial charge in [-0.2, -0.15) is 0 Å². The van der Waals surface area contributed by atoms with Crippen LogP contribution in [0.5, 0.6) is 0 Å². The topological polar surface area (TPSA) is 65.2 Å². The van der Waals surface area contributed by atoms with Gasteiger partial charge in [-0.15, -0.1) is 0 Å². The molecule has 1 fully saturated rings. The molecule has 4 rings (SSSR count). The summed E-state index contributed by atoms with van der Waals surface area (Å²) in [6, 6.07) is 8.66. The molecule has 0 radical (unpaired) electrons. The van der Waals surface area contributed by atoms with E-state index in [-0.39, 0.29) is 18.0 Å². The SMILES string of the molecule is CCN(c1cccc2c1CC=CCCc1cc(C)[nH]c(=O)c1CNC2=O)C1CCCCC1. The molecule has 2 N–H and O–H groups in total. The number of pyridine rings is 1. The van der Waals surface area contributed by atoms with Crippen molar-refractivity contribution in [1.29, 1.82) is 0 Å². The van der Waals surface area contributed by atoms with Gasteiger partial charge in [0.25, 0.3) is 11.5 Å². The van der Waals surface area contributed by atoms with Gasteiger partial charge in [-0.25, -0.2) is 0 Å². The van der Waals surface area contributed by atoms with Gasteiger partial charge in [0.1, 0.15) is 0 Å². The summed E-state index contributed by atoms with van der Waals surface area (Å²) in [7, 11) is 0. The third-order valence-corrected chi connectivity index (χ3v) is 6.92. The number of aryl methyl sites for hydroxylation is 2. The van der Waals surface area contributed by atoms with E-state index >= 15 is 0 Å². The van der Waals surface area contributed by atoms with E-state index in [1.54, 1.807) is 0 Å². The van der Waals surface area contributed by atoms with Crippen LogP contribution in [-0.2, 0) is 19.4 Å². The predicted octanol–water partition coefficient (Wildman–Crippen LogP) is 4.82. The zero-order chi connectivity index (χ0) is 22.5. The fourth-order valence-corrected chi connectivity index (χ4v) is 5.31. The van der Waals surface area contributed by atoms with Crippen molar-refractivity contribution in [2.45, 2.75) is 77.8 Å². The third kappa shape index (κ3) is 4.82. The van der Waals surface area contributed by atoms with Crippen LogP contribution in [0.1, 0.15) is 78.2 Å². The van der Waals surface area contributed by atoms with Gasteiger partial charge in [0, 0.05) is 41.6 Å². The molecule has 1 amide bonds. The highest BCUT2D eigenvalue weighted by atomic mass is 16.1. The number of nitrogens with zero attached hydrogens (tertiary/aromatic N) is 1. The predicted molar refractivity (Wildman–Crippen MR) is 130 cm³/mol. The minimum absolute atomic E-state index is 0.107. The number of aromatic nitrogens is 1. The molecule has 1 saturated carbocycles. The molecule has 2 aromatic rings. The molecule has 1 aromatic heterocycles. The van der Waals surface area contributed by atoms with E-state index in [0.717, 1.165) is 42.6 Å². The summed E-state index contributed by atoms with van der Waals surface area (Å²) in [4.78, 5) is 31.3. The van der Waals surface area contributed by atoms with E-state index in [1.807, 2.05) is 25.1 Å². The van der Waals surface area contributed by atoms with E-state index in [0.29, 0.717) is 17.2 Å². The lowest BCUT2D eigenvalue weighted by atomic mass is 9.92. The molecule has 1 aliphatic carbocycles. The quantitative estimate of drug-likeness (QED) is 0.682. The largest absolute Gasteiger partial charge is 0.369 e. The van der Waals surface area contributed by atoms with E-state index in [1.165, 1.54) is 37.8 Å². The van der Waals surface area contributed by atoms with Crippen molar-refractivity contribution >= 4 is 11.6 Å². The standard InChI is InChI=1S/C27H35N3O2/c1-3-30(21-12-7-5-8-13-21)25-16-10-15-23-22(25)14-9-4-6-11-20-17-19(2)29-27(32)24(20)18-28-26(23)31/h4,9-10,15-17,21H,3,5-8,11-14,18H2,1-2H3,(H,28,31)(H,29,32). The first-order valence-corrected chi connectivity index (χ1v) is 12.1. The number of anilines is 1. The van der Waals surface area contributed by atoms with Crippen LogP contribution in [-0.4, -0.2) is 23.5 Å². The van der Waals surface area contributed by atoms with Crippen LogP contribution in [0.3, 0.4) is 0 Å². The van der Waals surface area contributed by atoms with Crippen molar-refractivity contribution in [1.82, 2.24) is 10.3 Å². The Morgan fingerprint density at radius 3 is 2.66 bits per heavy atom. The highest BCUT2D eigenvalue weighted by Gasteiger charge is 2.24. The van der Waals surface area contributed by atoms with Crippen LogP contribution in [0.25, 0.3) is 0 Å². The van der Waals surface area contributed by atoms with Crippen LogP contribution in [0.4, 0.5) is 5.69 Å². The Kier molecular flexibility index (Phi) is 7.13. The lowest BCUT2D eigenvalue weighted by Crippen LogP contribution is -2.38. The summed E-state index contributed by atoms with van der Waals surface area (Å²) in [6.07, 6.45) is 13.1.